The van der Waals surface area contributed by atoms with Gasteiger partial charge in [-0.15, -0.1) is 0 Å². The van der Waals surface area contributed by atoms with Crippen molar-refractivity contribution in [2.24, 2.45) is 0 Å². The van der Waals surface area contributed by atoms with Crippen LogP contribution in [0.2, 0.25) is 0 Å². The summed E-state index contributed by atoms with van der Waals surface area (Å²) in [5, 5.41) is 8.70. The van der Waals surface area contributed by atoms with Crippen LogP contribution < -0.4 is 9.47 Å². The van der Waals surface area contributed by atoms with E-state index in [9.17, 15) is 4.39 Å². The smallest absolute Gasteiger partial charge is 0.209 e. The lowest BCUT2D eigenvalue weighted by atomic mass is 10.2. The van der Waals surface area contributed by atoms with Gasteiger partial charge in [0.15, 0.2) is 11.5 Å². The Hall–Kier alpha value is -1.28. The lowest BCUT2D eigenvalue weighted by Gasteiger charge is -2.09. The van der Waals surface area contributed by atoms with E-state index in [4.69, 9.17) is 14.7 Å². The molecule has 0 bridgehead atoms. The van der Waals surface area contributed by atoms with Gasteiger partial charge in [0.25, 0.3) is 0 Å². The summed E-state index contributed by atoms with van der Waals surface area (Å²) in [6, 6.07) is 3.27. The van der Waals surface area contributed by atoms with Gasteiger partial charge in [-0.05, 0) is 22.0 Å². The normalized spacial score (nSPS) is 9.36. The van der Waals surface area contributed by atoms with E-state index >= 15 is 0 Å². The molecule has 0 fully saturated rings. The lowest BCUT2D eigenvalue weighted by molar-refractivity contribution is 0.348. The largest absolute Gasteiger partial charge is 0.492 e. The summed E-state index contributed by atoms with van der Waals surface area (Å²) < 4.78 is 23.5. The number of ether oxygens (including phenoxy) is 2. The van der Waals surface area contributed by atoms with Crippen LogP contribution in [0.4, 0.5) is 4.39 Å². The average Bonchev–Trinajstić information content (AvgIpc) is 2.17. The number of halogens is 2. The highest BCUT2D eigenvalue weighted by molar-refractivity contribution is 9.10. The molecule has 0 aliphatic rings. The molecule has 0 atom stereocenters. The number of nitriles is 1. The van der Waals surface area contributed by atoms with E-state index in [0.717, 1.165) is 0 Å². The van der Waals surface area contributed by atoms with Crippen LogP contribution in [0.5, 0.6) is 11.5 Å². The van der Waals surface area contributed by atoms with Gasteiger partial charge in [0.05, 0.1) is 24.3 Å². The maximum Gasteiger partial charge on any atom is 0.209 e. The fourth-order valence-corrected chi connectivity index (χ4v) is 1.62. The van der Waals surface area contributed by atoms with E-state index in [-0.39, 0.29) is 17.1 Å². The van der Waals surface area contributed by atoms with Gasteiger partial charge >= 0.3 is 0 Å². The van der Waals surface area contributed by atoms with Crippen molar-refractivity contribution in [3.63, 3.8) is 0 Å². The maximum absolute atomic E-state index is 13.6. The lowest BCUT2D eigenvalue weighted by Crippen LogP contribution is -1.97. The third-order valence-electron chi connectivity index (χ3n) is 1.66. The summed E-state index contributed by atoms with van der Waals surface area (Å²) in [5.74, 6) is -0.755. The van der Waals surface area contributed by atoms with E-state index in [1.807, 2.05) is 6.07 Å². The van der Waals surface area contributed by atoms with Crippen molar-refractivity contribution in [3.05, 3.63) is 21.9 Å². The summed E-state index contributed by atoms with van der Waals surface area (Å²) in [7, 11) is 2.64. The van der Waals surface area contributed by atoms with Crippen molar-refractivity contribution in [1.82, 2.24) is 0 Å². The van der Waals surface area contributed by atoms with E-state index in [1.54, 1.807) is 0 Å². The van der Waals surface area contributed by atoms with E-state index in [0.29, 0.717) is 4.47 Å². The van der Waals surface area contributed by atoms with Crippen LogP contribution >= 0.6 is 15.9 Å². The first-order valence-electron chi connectivity index (χ1n) is 3.65. The van der Waals surface area contributed by atoms with Crippen LogP contribution in [0, 0.1) is 17.1 Å². The summed E-state index contributed by atoms with van der Waals surface area (Å²) in [6.45, 7) is 0. The number of rotatable bonds is 2. The molecule has 74 valence electrons. The topological polar surface area (TPSA) is 42.2 Å². The number of hydrogen-bond donors (Lipinski definition) is 0. The summed E-state index contributed by atoms with van der Waals surface area (Å²) in [6.07, 6.45) is 0. The Bertz CT molecular complexity index is 401. The quantitative estimate of drug-likeness (QED) is 0.820. The minimum atomic E-state index is -0.680. The monoisotopic (exact) mass is 259 g/mol. The van der Waals surface area contributed by atoms with Gasteiger partial charge < -0.3 is 9.47 Å². The second kappa shape index (κ2) is 4.29. The van der Waals surface area contributed by atoms with Crippen LogP contribution in [0.15, 0.2) is 10.5 Å². The highest BCUT2D eigenvalue weighted by Crippen LogP contribution is 2.36. The molecule has 0 unspecified atom stereocenters. The Morgan fingerprint density at radius 1 is 1.36 bits per heavy atom. The molecular weight excluding hydrogens is 253 g/mol. The van der Waals surface area contributed by atoms with Gasteiger partial charge in [0.1, 0.15) is 6.07 Å². The van der Waals surface area contributed by atoms with Gasteiger partial charge in [0, 0.05) is 0 Å². The molecule has 0 spiro atoms. The fourth-order valence-electron chi connectivity index (χ4n) is 1.05. The highest BCUT2D eigenvalue weighted by atomic mass is 79.9. The molecule has 14 heavy (non-hydrogen) atoms. The predicted molar refractivity (Wildman–Crippen MR) is 51.9 cm³/mol. The van der Waals surface area contributed by atoms with Crippen LogP contribution in [-0.4, -0.2) is 14.2 Å². The molecule has 1 rings (SSSR count). The Balaban J connectivity index is 3.49. The first kappa shape index (κ1) is 10.8. The Kier molecular flexibility index (Phi) is 3.31. The molecule has 0 radical (unpaired) electrons. The minimum Gasteiger partial charge on any atom is -0.492 e. The van der Waals surface area contributed by atoms with E-state index in [2.05, 4.69) is 15.9 Å². The summed E-state index contributed by atoms with van der Waals surface area (Å²) >= 11 is 3.09. The first-order valence-corrected chi connectivity index (χ1v) is 4.45. The molecular formula is C9H7BrFNO2. The Labute approximate surface area is 89.2 Å². The van der Waals surface area contributed by atoms with Crippen LogP contribution in [0.3, 0.4) is 0 Å². The van der Waals surface area contributed by atoms with Crippen molar-refractivity contribution < 1.29 is 13.9 Å². The van der Waals surface area contributed by atoms with Crippen LogP contribution in [0.1, 0.15) is 5.56 Å². The first-order chi connectivity index (χ1) is 6.65. The molecule has 0 saturated carbocycles. The van der Waals surface area contributed by atoms with Crippen LogP contribution in [0.25, 0.3) is 0 Å². The van der Waals surface area contributed by atoms with Gasteiger partial charge in [-0.2, -0.15) is 9.65 Å². The van der Waals surface area contributed by atoms with Crippen LogP contribution in [-0.2, 0) is 0 Å². The van der Waals surface area contributed by atoms with Crippen molar-refractivity contribution in [3.8, 4) is 17.6 Å². The molecule has 3 nitrogen and oxygen atoms in total. The molecule has 5 heteroatoms. The molecule has 0 aliphatic heterocycles. The standard InChI is InChI=1S/C9H7BrFNO2/c1-13-8-5(4-12)3-6(10)9(14-2)7(8)11/h3H,1-2H3. The van der Waals surface area contributed by atoms with Gasteiger partial charge in [-0.25, -0.2) is 0 Å². The second-order valence-electron chi connectivity index (χ2n) is 2.40. The van der Waals surface area contributed by atoms with E-state index < -0.39 is 5.82 Å². The number of hydrogen-bond acceptors (Lipinski definition) is 3. The highest BCUT2D eigenvalue weighted by Gasteiger charge is 2.18. The van der Waals surface area contributed by atoms with E-state index in [1.165, 1.54) is 20.3 Å². The molecule has 0 saturated heterocycles. The third kappa shape index (κ3) is 1.66. The van der Waals surface area contributed by atoms with Gasteiger partial charge in [-0.1, -0.05) is 0 Å². The zero-order chi connectivity index (χ0) is 10.7. The number of methoxy groups -OCH3 is 2. The molecule has 0 amide bonds. The third-order valence-corrected chi connectivity index (χ3v) is 2.25. The number of benzene rings is 1. The predicted octanol–water partition coefficient (Wildman–Crippen LogP) is 2.48. The molecule has 0 N–H and O–H groups in total. The molecule has 0 aliphatic carbocycles. The average molecular weight is 260 g/mol. The van der Waals surface area contributed by atoms with Crippen molar-refractivity contribution in [2.45, 2.75) is 0 Å². The maximum atomic E-state index is 13.6. The Morgan fingerprint density at radius 3 is 2.36 bits per heavy atom. The van der Waals surface area contributed by atoms with Crippen molar-refractivity contribution in [1.29, 1.82) is 5.26 Å². The Morgan fingerprint density at radius 2 is 1.93 bits per heavy atom. The van der Waals surface area contributed by atoms with Gasteiger partial charge in [0.2, 0.25) is 5.82 Å². The molecule has 1 aromatic rings. The zero-order valence-electron chi connectivity index (χ0n) is 7.60. The molecule has 0 heterocycles. The number of nitrogens with zero attached hydrogens (tertiary/aromatic N) is 1. The molecule has 1 aromatic carbocycles. The zero-order valence-corrected chi connectivity index (χ0v) is 9.18. The minimum absolute atomic E-state index is 0.0286. The summed E-state index contributed by atoms with van der Waals surface area (Å²) in [5.41, 5.74) is 0.123. The summed E-state index contributed by atoms with van der Waals surface area (Å²) in [4.78, 5) is 0. The molecule has 0 aromatic heterocycles. The SMILES string of the molecule is COc1c(Br)cc(C#N)c(OC)c1F. The van der Waals surface area contributed by atoms with Crippen molar-refractivity contribution >= 4 is 15.9 Å². The fraction of sp³-hybridized carbons (Fsp3) is 0.222. The second-order valence-corrected chi connectivity index (χ2v) is 3.25. The van der Waals surface area contributed by atoms with Gasteiger partial charge in [-0.3, -0.25) is 0 Å². The van der Waals surface area contributed by atoms with Crippen molar-refractivity contribution in [2.75, 3.05) is 14.2 Å².